The van der Waals surface area contributed by atoms with Crippen molar-refractivity contribution in [3.63, 3.8) is 0 Å². The summed E-state index contributed by atoms with van der Waals surface area (Å²) in [4.78, 5) is 32.2. The van der Waals surface area contributed by atoms with Crippen LogP contribution in [0.4, 0.5) is 0 Å². The Kier molecular flexibility index (Phi) is 6.58. The lowest BCUT2D eigenvalue weighted by atomic mass is 10.0. The van der Waals surface area contributed by atoms with Gasteiger partial charge < -0.3 is 16.0 Å². The van der Waals surface area contributed by atoms with E-state index in [0.29, 0.717) is 30.9 Å². The number of nitrogens with two attached hydrogens (primary N) is 1. The number of amides is 2. The first-order valence-electron chi connectivity index (χ1n) is 9.40. The molecule has 1 aromatic carbocycles. The summed E-state index contributed by atoms with van der Waals surface area (Å²) in [5, 5.41) is 3.77. The number of aryl methyl sites for hydroxylation is 1. The highest BCUT2D eigenvalue weighted by atomic mass is 32.1. The SMILES string of the molecule is Cc1nc(-c2ccccc2)sc1C(=O)N1CCCCC1CNC(=O)CCN. The molecule has 1 saturated heterocycles. The van der Waals surface area contributed by atoms with Gasteiger partial charge in [0.2, 0.25) is 5.91 Å². The van der Waals surface area contributed by atoms with E-state index in [2.05, 4.69) is 10.3 Å². The van der Waals surface area contributed by atoms with Crippen LogP contribution in [-0.2, 0) is 4.79 Å². The van der Waals surface area contributed by atoms with Crippen LogP contribution in [0.5, 0.6) is 0 Å². The van der Waals surface area contributed by atoms with Gasteiger partial charge in [-0.05, 0) is 26.2 Å². The van der Waals surface area contributed by atoms with Gasteiger partial charge >= 0.3 is 0 Å². The van der Waals surface area contributed by atoms with Gasteiger partial charge in [0.1, 0.15) is 9.88 Å². The largest absolute Gasteiger partial charge is 0.354 e. The molecule has 1 aliphatic heterocycles. The summed E-state index contributed by atoms with van der Waals surface area (Å²) in [6.45, 7) is 3.42. The van der Waals surface area contributed by atoms with Crippen molar-refractivity contribution in [1.82, 2.24) is 15.2 Å². The first-order valence-corrected chi connectivity index (χ1v) is 10.2. The van der Waals surface area contributed by atoms with Crippen molar-refractivity contribution in [2.45, 2.75) is 38.6 Å². The molecule has 0 spiro atoms. The molecule has 1 atom stereocenters. The van der Waals surface area contributed by atoms with Crippen molar-refractivity contribution in [3.8, 4) is 10.6 Å². The Morgan fingerprint density at radius 3 is 2.81 bits per heavy atom. The van der Waals surface area contributed by atoms with Crippen molar-refractivity contribution in [1.29, 1.82) is 0 Å². The summed E-state index contributed by atoms with van der Waals surface area (Å²) in [5.74, 6) is -0.0410. The first-order chi connectivity index (χ1) is 13.1. The van der Waals surface area contributed by atoms with Crippen molar-refractivity contribution in [2.24, 2.45) is 5.73 Å². The van der Waals surface area contributed by atoms with Crippen LogP contribution in [0.25, 0.3) is 10.6 Å². The predicted octanol–water partition coefficient (Wildman–Crippen LogP) is 2.58. The monoisotopic (exact) mass is 386 g/mol. The second kappa shape index (κ2) is 9.10. The van der Waals surface area contributed by atoms with E-state index in [1.165, 1.54) is 11.3 Å². The molecule has 0 aliphatic carbocycles. The van der Waals surface area contributed by atoms with E-state index in [1.54, 1.807) is 0 Å². The second-order valence-corrected chi connectivity index (χ2v) is 7.79. The lowest BCUT2D eigenvalue weighted by molar-refractivity contribution is -0.121. The van der Waals surface area contributed by atoms with E-state index < -0.39 is 0 Å². The van der Waals surface area contributed by atoms with Gasteiger partial charge in [0.15, 0.2) is 0 Å². The molecule has 27 heavy (non-hydrogen) atoms. The molecule has 3 rings (SSSR count). The average Bonchev–Trinajstić information content (AvgIpc) is 3.09. The van der Waals surface area contributed by atoms with E-state index in [-0.39, 0.29) is 17.9 Å². The van der Waals surface area contributed by atoms with E-state index in [0.717, 1.165) is 35.5 Å². The van der Waals surface area contributed by atoms with Gasteiger partial charge in [-0.1, -0.05) is 30.3 Å². The van der Waals surface area contributed by atoms with E-state index in [4.69, 9.17) is 5.73 Å². The number of benzene rings is 1. The van der Waals surface area contributed by atoms with Crippen LogP contribution in [0, 0.1) is 6.92 Å². The highest BCUT2D eigenvalue weighted by molar-refractivity contribution is 7.17. The molecule has 0 radical (unpaired) electrons. The third kappa shape index (κ3) is 4.73. The predicted molar refractivity (Wildman–Crippen MR) is 108 cm³/mol. The van der Waals surface area contributed by atoms with Crippen LogP contribution in [0.2, 0.25) is 0 Å². The molecular formula is C20H26N4O2S. The van der Waals surface area contributed by atoms with Gasteiger partial charge in [-0.25, -0.2) is 4.98 Å². The van der Waals surface area contributed by atoms with Gasteiger partial charge in [0, 0.05) is 37.7 Å². The average molecular weight is 387 g/mol. The van der Waals surface area contributed by atoms with E-state index >= 15 is 0 Å². The Morgan fingerprint density at radius 2 is 2.07 bits per heavy atom. The summed E-state index contributed by atoms with van der Waals surface area (Å²) in [6.07, 6.45) is 3.27. The minimum absolute atomic E-state index is 0.0185. The number of carbonyl (C=O) groups excluding carboxylic acids is 2. The van der Waals surface area contributed by atoms with Crippen LogP contribution < -0.4 is 11.1 Å². The van der Waals surface area contributed by atoms with Gasteiger partial charge in [-0.15, -0.1) is 11.3 Å². The molecule has 7 heteroatoms. The number of nitrogens with one attached hydrogen (secondary N) is 1. The number of piperidine rings is 1. The highest BCUT2D eigenvalue weighted by Gasteiger charge is 2.30. The normalized spacial score (nSPS) is 17.0. The second-order valence-electron chi connectivity index (χ2n) is 6.79. The Bertz CT molecular complexity index is 791. The zero-order valence-corrected chi connectivity index (χ0v) is 16.4. The standard InChI is InChI=1S/C20H26N4O2S/c1-14-18(27-19(23-14)15-7-3-2-4-8-15)20(26)24-12-6-5-9-16(24)13-22-17(25)10-11-21/h2-4,7-8,16H,5-6,9-13,21H2,1H3,(H,22,25). The van der Waals surface area contributed by atoms with E-state index in [1.807, 2.05) is 42.2 Å². The van der Waals surface area contributed by atoms with Gasteiger partial charge in [-0.2, -0.15) is 0 Å². The summed E-state index contributed by atoms with van der Waals surface area (Å²) < 4.78 is 0. The van der Waals surface area contributed by atoms with Crippen LogP contribution in [0.3, 0.4) is 0 Å². The van der Waals surface area contributed by atoms with Gasteiger partial charge in [-0.3, -0.25) is 9.59 Å². The lowest BCUT2D eigenvalue weighted by Crippen LogP contribution is -2.49. The maximum atomic E-state index is 13.2. The fraction of sp³-hybridized carbons (Fsp3) is 0.450. The Hall–Kier alpha value is -2.25. The van der Waals surface area contributed by atoms with Crippen LogP contribution >= 0.6 is 11.3 Å². The number of rotatable bonds is 6. The smallest absolute Gasteiger partial charge is 0.266 e. The Morgan fingerprint density at radius 1 is 1.30 bits per heavy atom. The fourth-order valence-corrected chi connectivity index (χ4v) is 4.39. The topological polar surface area (TPSA) is 88.3 Å². The molecule has 0 bridgehead atoms. The van der Waals surface area contributed by atoms with Gasteiger partial charge in [0.25, 0.3) is 5.91 Å². The van der Waals surface area contributed by atoms with Crippen molar-refractivity contribution >= 4 is 23.2 Å². The third-order valence-corrected chi connectivity index (χ3v) is 6.00. The minimum atomic E-state index is -0.0594. The molecule has 2 aromatic rings. The molecule has 2 amide bonds. The molecule has 1 unspecified atom stereocenters. The van der Waals surface area contributed by atoms with Crippen molar-refractivity contribution < 1.29 is 9.59 Å². The molecular weight excluding hydrogens is 360 g/mol. The number of aromatic nitrogens is 1. The Labute approximate surface area is 163 Å². The van der Waals surface area contributed by atoms with Crippen molar-refractivity contribution in [2.75, 3.05) is 19.6 Å². The first kappa shape index (κ1) is 19.5. The van der Waals surface area contributed by atoms with Gasteiger partial charge in [0.05, 0.1) is 5.69 Å². The summed E-state index contributed by atoms with van der Waals surface area (Å²) in [5.41, 5.74) is 7.21. The maximum Gasteiger partial charge on any atom is 0.266 e. The van der Waals surface area contributed by atoms with Crippen LogP contribution in [-0.4, -0.2) is 47.4 Å². The highest BCUT2D eigenvalue weighted by Crippen LogP contribution is 2.30. The molecule has 1 aromatic heterocycles. The molecule has 6 nitrogen and oxygen atoms in total. The Balaban J connectivity index is 1.75. The number of carbonyl (C=O) groups is 2. The third-order valence-electron chi connectivity index (χ3n) is 4.81. The van der Waals surface area contributed by atoms with E-state index in [9.17, 15) is 9.59 Å². The maximum absolute atomic E-state index is 13.2. The fourth-order valence-electron chi connectivity index (χ4n) is 3.36. The number of hydrogen-bond acceptors (Lipinski definition) is 5. The zero-order chi connectivity index (χ0) is 19.2. The number of nitrogens with zero attached hydrogens (tertiary/aromatic N) is 2. The van der Waals surface area contributed by atoms with Crippen molar-refractivity contribution in [3.05, 3.63) is 40.9 Å². The molecule has 0 saturated carbocycles. The zero-order valence-electron chi connectivity index (χ0n) is 15.6. The van der Waals surface area contributed by atoms with Crippen LogP contribution in [0.1, 0.15) is 41.0 Å². The molecule has 1 aliphatic rings. The number of likely N-dealkylation sites (tertiary alicyclic amines) is 1. The summed E-state index contributed by atoms with van der Waals surface area (Å²) in [6, 6.07) is 9.94. The number of thiazole rings is 1. The molecule has 2 heterocycles. The quantitative estimate of drug-likeness (QED) is 0.799. The minimum Gasteiger partial charge on any atom is -0.354 e. The molecule has 3 N–H and O–H groups in total. The number of hydrogen-bond donors (Lipinski definition) is 2. The molecule has 144 valence electrons. The molecule has 1 fully saturated rings. The summed E-state index contributed by atoms with van der Waals surface area (Å²) >= 11 is 1.44. The lowest BCUT2D eigenvalue weighted by Gasteiger charge is -2.35. The van der Waals surface area contributed by atoms with Crippen LogP contribution in [0.15, 0.2) is 30.3 Å². The summed E-state index contributed by atoms with van der Waals surface area (Å²) in [7, 11) is 0.